The minimum absolute atomic E-state index is 0.126. The molecule has 2 aliphatic rings. The van der Waals surface area contributed by atoms with Gasteiger partial charge in [-0.1, -0.05) is 30.3 Å². The van der Waals surface area contributed by atoms with Gasteiger partial charge in [-0.05, 0) is 24.8 Å². The van der Waals surface area contributed by atoms with Gasteiger partial charge < -0.3 is 0 Å². The first-order chi connectivity index (χ1) is 11.2. The Morgan fingerprint density at radius 1 is 1.12 bits per heavy atom. The van der Waals surface area contributed by atoms with Crippen molar-refractivity contribution >= 4 is 26.0 Å². The van der Waals surface area contributed by atoms with E-state index in [0.29, 0.717) is 12.8 Å². The lowest BCUT2D eigenvalue weighted by atomic mass is 10.0. The van der Waals surface area contributed by atoms with Crippen LogP contribution >= 0.6 is 0 Å². The van der Waals surface area contributed by atoms with E-state index in [1.165, 1.54) is 7.05 Å². The smallest absolute Gasteiger partial charge is 0.256 e. The average molecular weight is 372 g/mol. The highest BCUT2D eigenvalue weighted by atomic mass is 32.2. The molecule has 2 saturated heterocycles. The van der Waals surface area contributed by atoms with Crippen LogP contribution in [0, 0.1) is 0 Å². The molecule has 1 aromatic carbocycles. The van der Waals surface area contributed by atoms with Crippen molar-refractivity contribution in [1.29, 1.82) is 0 Å². The van der Waals surface area contributed by atoms with Crippen LogP contribution in [0.1, 0.15) is 18.4 Å². The number of sulfonamides is 2. The zero-order valence-electron chi connectivity index (χ0n) is 13.3. The van der Waals surface area contributed by atoms with Crippen LogP contribution in [0.2, 0.25) is 0 Å². The molecule has 1 amide bonds. The summed E-state index contributed by atoms with van der Waals surface area (Å²) < 4.78 is 51.2. The van der Waals surface area contributed by atoms with Gasteiger partial charge in [-0.3, -0.25) is 4.79 Å². The van der Waals surface area contributed by atoms with Gasteiger partial charge in [0.2, 0.25) is 20.0 Å². The van der Waals surface area contributed by atoms with Crippen LogP contribution in [0.4, 0.5) is 0 Å². The molecule has 0 bridgehead atoms. The number of benzene rings is 1. The second-order valence-corrected chi connectivity index (χ2v) is 10.4. The van der Waals surface area contributed by atoms with E-state index >= 15 is 0 Å². The van der Waals surface area contributed by atoms with Gasteiger partial charge in [-0.15, -0.1) is 0 Å². The van der Waals surface area contributed by atoms with Crippen molar-refractivity contribution in [2.75, 3.05) is 19.3 Å². The highest BCUT2D eigenvalue weighted by Gasteiger charge is 2.49. The number of nitrogens with zero attached hydrogens (tertiary/aromatic N) is 2. The molecule has 1 aromatic rings. The molecule has 9 heteroatoms. The summed E-state index contributed by atoms with van der Waals surface area (Å²) >= 11 is 0. The Labute approximate surface area is 142 Å². The zero-order chi connectivity index (χ0) is 17.5. The minimum atomic E-state index is -3.77. The Bertz CT molecular complexity index is 836. The van der Waals surface area contributed by atoms with Gasteiger partial charge in [0.1, 0.15) is 0 Å². The first kappa shape index (κ1) is 17.4. The summed E-state index contributed by atoms with van der Waals surface area (Å²) in [5.41, 5.74) is 0.920. The van der Waals surface area contributed by atoms with Crippen LogP contribution in [-0.4, -0.2) is 62.0 Å². The van der Waals surface area contributed by atoms with Gasteiger partial charge in [-0.25, -0.2) is 25.4 Å². The van der Waals surface area contributed by atoms with Crippen LogP contribution in [0.5, 0.6) is 0 Å². The van der Waals surface area contributed by atoms with Gasteiger partial charge in [0.05, 0.1) is 11.8 Å². The first-order valence-electron chi connectivity index (χ1n) is 7.78. The van der Waals surface area contributed by atoms with E-state index in [4.69, 9.17) is 0 Å². The van der Waals surface area contributed by atoms with Gasteiger partial charge in [0.25, 0.3) is 5.91 Å². The van der Waals surface area contributed by atoms with E-state index in [1.54, 1.807) is 0 Å². The number of carbonyl (C=O) groups is 1. The van der Waals surface area contributed by atoms with Crippen molar-refractivity contribution in [1.82, 2.24) is 8.61 Å². The van der Waals surface area contributed by atoms with E-state index in [-0.39, 0.29) is 18.7 Å². The molecule has 0 spiro atoms. The highest BCUT2D eigenvalue weighted by Crippen LogP contribution is 2.30. The molecule has 0 N–H and O–H groups in total. The molecule has 2 unspecified atom stereocenters. The lowest BCUT2D eigenvalue weighted by Gasteiger charge is -2.25. The summed E-state index contributed by atoms with van der Waals surface area (Å²) in [6.07, 6.45) is 0.849. The molecule has 0 saturated carbocycles. The first-order valence-corrected chi connectivity index (χ1v) is 10.9. The van der Waals surface area contributed by atoms with Gasteiger partial charge in [0.15, 0.2) is 5.25 Å². The summed E-state index contributed by atoms with van der Waals surface area (Å²) in [5, 5.41) is -1.30. The fourth-order valence-electron chi connectivity index (χ4n) is 3.30. The molecule has 7 nitrogen and oxygen atoms in total. The quantitative estimate of drug-likeness (QED) is 0.755. The van der Waals surface area contributed by atoms with E-state index in [0.717, 1.165) is 14.2 Å². The Balaban J connectivity index is 1.89. The summed E-state index contributed by atoms with van der Waals surface area (Å²) in [5.74, 6) is -0.934. The van der Waals surface area contributed by atoms with Gasteiger partial charge in [0, 0.05) is 13.6 Å². The summed E-state index contributed by atoms with van der Waals surface area (Å²) in [4.78, 5) is 12.8. The van der Waals surface area contributed by atoms with Crippen molar-refractivity contribution in [3.63, 3.8) is 0 Å². The summed E-state index contributed by atoms with van der Waals surface area (Å²) in [6, 6.07) is 8.77. The van der Waals surface area contributed by atoms with E-state index in [9.17, 15) is 21.6 Å². The standard InChI is InChI=1S/C15H20N2O5S2/c1-16-9-7-14(24(16,21)22)15(18)17-13(8-10-23(17,19)20)11-12-5-3-2-4-6-12/h2-6,13-14H,7-11H2,1H3. The summed E-state index contributed by atoms with van der Waals surface area (Å²) in [6.45, 7) is 0.232. The van der Waals surface area contributed by atoms with Gasteiger partial charge >= 0.3 is 0 Å². The van der Waals surface area contributed by atoms with Crippen molar-refractivity contribution in [2.24, 2.45) is 0 Å². The molecule has 24 heavy (non-hydrogen) atoms. The van der Waals surface area contributed by atoms with Crippen molar-refractivity contribution < 1.29 is 21.6 Å². The molecule has 2 fully saturated rings. The van der Waals surface area contributed by atoms with Crippen LogP contribution < -0.4 is 0 Å². The van der Waals surface area contributed by atoms with Crippen molar-refractivity contribution in [3.05, 3.63) is 35.9 Å². The maximum Gasteiger partial charge on any atom is 0.256 e. The van der Waals surface area contributed by atoms with Crippen molar-refractivity contribution in [2.45, 2.75) is 30.6 Å². The predicted octanol–water partition coefficient (Wildman–Crippen LogP) is 0.194. The fraction of sp³-hybridized carbons (Fsp3) is 0.533. The number of carbonyl (C=O) groups excluding carboxylic acids is 1. The van der Waals surface area contributed by atoms with Crippen LogP contribution in [-0.2, 0) is 31.3 Å². The third kappa shape index (κ3) is 2.96. The Morgan fingerprint density at radius 3 is 2.38 bits per heavy atom. The third-order valence-corrected chi connectivity index (χ3v) is 8.68. The molecule has 2 heterocycles. The van der Waals surface area contributed by atoms with Crippen molar-refractivity contribution in [3.8, 4) is 0 Å². The third-order valence-electron chi connectivity index (χ3n) is 4.65. The maximum atomic E-state index is 12.8. The van der Waals surface area contributed by atoms with Crippen LogP contribution in [0.25, 0.3) is 0 Å². The van der Waals surface area contributed by atoms with E-state index in [1.807, 2.05) is 30.3 Å². The molecule has 0 aliphatic carbocycles. The maximum absolute atomic E-state index is 12.8. The lowest BCUT2D eigenvalue weighted by molar-refractivity contribution is -0.127. The minimum Gasteiger partial charge on any atom is -0.272 e. The molecular weight excluding hydrogens is 352 g/mol. The van der Waals surface area contributed by atoms with Gasteiger partial charge in [-0.2, -0.15) is 0 Å². The van der Waals surface area contributed by atoms with Crippen LogP contribution in [0.15, 0.2) is 30.3 Å². The Kier molecular flexibility index (Phi) is 4.43. The topological polar surface area (TPSA) is 91.8 Å². The fourth-order valence-corrected chi connectivity index (χ4v) is 6.74. The molecule has 2 aliphatic heterocycles. The molecular formula is C15H20N2O5S2. The monoisotopic (exact) mass is 372 g/mol. The predicted molar refractivity (Wildman–Crippen MR) is 89.1 cm³/mol. The number of rotatable bonds is 3. The van der Waals surface area contributed by atoms with E-state index in [2.05, 4.69) is 0 Å². The average Bonchev–Trinajstić information content (AvgIpc) is 2.96. The van der Waals surface area contributed by atoms with Crippen LogP contribution in [0.3, 0.4) is 0 Å². The second-order valence-electron chi connectivity index (χ2n) is 6.23. The zero-order valence-corrected chi connectivity index (χ0v) is 15.0. The molecule has 2 atom stereocenters. The SMILES string of the molecule is CN1CCC(C(=O)N2C(Cc3ccccc3)CCS2(=O)=O)S1(=O)=O. The largest absolute Gasteiger partial charge is 0.272 e. The molecule has 0 aromatic heterocycles. The Morgan fingerprint density at radius 2 is 1.79 bits per heavy atom. The number of amides is 1. The molecule has 3 rings (SSSR count). The number of hydrogen-bond acceptors (Lipinski definition) is 5. The Hall–Kier alpha value is -1.45. The number of hydrogen-bond donors (Lipinski definition) is 0. The van der Waals surface area contributed by atoms with E-state index < -0.39 is 37.2 Å². The highest BCUT2D eigenvalue weighted by molar-refractivity contribution is 7.91. The summed E-state index contributed by atoms with van der Waals surface area (Å²) in [7, 11) is -6.13. The second kappa shape index (κ2) is 6.12. The lowest BCUT2D eigenvalue weighted by Crippen LogP contribution is -2.47. The molecule has 132 valence electrons. The molecule has 0 radical (unpaired) electrons. The normalized spacial score (nSPS) is 29.0.